The summed E-state index contributed by atoms with van der Waals surface area (Å²) in [5.41, 5.74) is 3.20. The third kappa shape index (κ3) is 3.72. The number of amides is 1. The van der Waals surface area contributed by atoms with Crippen molar-refractivity contribution in [1.29, 1.82) is 0 Å². The third-order valence-electron chi connectivity index (χ3n) is 5.87. The monoisotopic (exact) mass is 515 g/mol. The van der Waals surface area contributed by atoms with Crippen LogP contribution in [0.4, 0.5) is 5.69 Å². The standard InChI is InChI=1S/C27H22BrN3O3/c1-3-14-30-24-13-8-17(28)15-21(24)22(26(30)32)16-25-29-23-7-5-4-6-20(23)27(33)31(25)18-9-11-19(34-2)12-10-18/h4-13,15-16H,3,14H2,1-2H3/b22-16+. The number of carbonyl (C=O) groups excluding carboxylic acids is 1. The van der Waals surface area contributed by atoms with Gasteiger partial charge in [-0.1, -0.05) is 35.0 Å². The topological polar surface area (TPSA) is 64.4 Å². The van der Waals surface area contributed by atoms with E-state index >= 15 is 0 Å². The number of ether oxygens (including phenoxy) is 1. The average Bonchev–Trinajstić information content (AvgIpc) is 3.10. The molecular formula is C27H22BrN3O3. The van der Waals surface area contributed by atoms with Gasteiger partial charge >= 0.3 is 0 Å². The van der Waals surface area contributed by atoms with Crippen molar-refractivity contribution in [2.75, 3.05) is 18.6 Å². The molecule has 34 heavy (non-hydrogen) atoms. The Kier molecular flexibility index (Phi) is 5.79. The SMILES string of the molecule is CCCN1C(=O)/C(=C/c2nc3ccccc3c(=O)n2-c2ccc(OC)cc2)c2cc(Br)ccc21. The maximum absolute atomic E-state index is 13.6. The summed E-state index contributed by atoms with van der Waals surface area (Å²) in [6, 6.07) is 20.3. The fourth-order valence-corrected chi connectivity index (χ4v) is 4.63. The Morgan fingerprint density at radius 3 is 2.53 bits per heavy atom. The van der Waals surface area contributed by atoms with Crippen LogP contribution in [-0.4, -0.2) is 29.1 Å². The molecule has 6 nitrogen and oxygen atoms in total. The van der Waals surface area contributed by atoms with Gasteiger partial charge < -0.3 is 9.64 Å². The third-order valence-corrected chi connectivity index (χ3v) is 6.36. The molecular weight excluding hydrogens is 494 g/mol. The van der Waals surface area contributed by atoms with Gasteiger partial charge in [-0.2, -0.15) is 0 Å². The van der Waals surface area contributed by atoms with Crippen molar-refractivity contribution in [2.45, 2.75) is 13.3 Å². The minimum absolute atomic E-state index is 0.0985. The highest BCUT2D eigenvalue weighted by Crippen LogP contribution is 2.39. The maximum atomic E-state index is 13.6. The molecule has 7 heteroatoms. The van der Waals surface area contributed by atoms with Crippen LogP contribution in [0.5, 0.6) is 5.75 Å². The number of fused-ring (bicyclic) bond motifs is 2. The molecule has 4 aromatic rings. The van der Waals surface area contributed by atoms with E-state index in [2.05, 4.69) is 15.9 Å². The summed E-state index contributed by atoms with van der Waals surface area (Å²) in [5.74, 6) is 0.977. The summed E-state index contributed by atoms with van der Waals surface area (Å²) >= 11 is 3.53. The van der Waals surface area contributed by atoms with Gasteiger partial charge in [0.2, 0.25) is 0 Å². The maximum Gasteiger partial charge on any atom is 0.266 e. The molecule has 0 atom stereocenters. The van der Waals surface area contributed by atoms with E-state index in [-0.39, 0.29) is 11.5 Å². The molecule has 1 aliphatic rings. The van der Waals surface area contributed by atoms with E-state index in [0.29, 0.717) is 40.3 Å². The number of para-hydroxylation sites is 1. The molecule has 0 spiro atoms. The first kappa shape index (κ1) is 22.1. The second kappa shape index (κ2) is 8.91. The molecule has 5 rings (SSSR count). The molecule has 0 aliphatic carbocycles. The lowest BCUT2D eigenvalue weighted by Crippen LogP contribution is -2.27. The van der Waals surface area contributed by atoms with Gasteiger partial charge in [-0.25, -0.2) is 4.98 Å². The number of nitrogens with zero attached hydrogens (tertiary/aromatic N) is 3. The Morgan fingerprint density at radius 2 is 1.79 bits per heavy atom. The molecule has 0 saturated heterocycles. The van der Waals surface area contributed by atoms with Crippen molar-refractivity contribution in [1.82, 2.24) is 9.55 Å². The van der Waals surface area contributed by atoms with E-state index < -0.39 is 0 Å². The Bertz CT molecular complexity index is 1510. The van der Waals surface area contributed by atoms with E-state index in [4.69, 9.17) is 9.72 Å². The summed E-state index contributed by atoms with van der Waals surface area (Å²) in [5, 5.41) is 0.508. The average molecular weight is 516 g/mol. The molecule has 0 fully saturated rings. The van der Waals surface area contributed by atoms with E-state index in [1.807, 2.05) is 55.5 Å². The zero-order valence-electron chi connectivity index (χ0n) is 18.8. The molecule has 1 aromatic heterocycles. The molecule has 0 radical (unpaired) electrons. The minimum atomic E-state index is -0.201. The van der Waals surface area contributed by atoms with Crippen LogP contribution in [0.2, 0.25) is 0 Å². The van der Waals surface area contributed by atoms with Crippen LogP contribution in [0.3, 0.4) is 0 Å². The second-order valence-corrected chi connectivity index (χ2v) is 8.92. The minimum Gasteiger partial charge on any atom is -0.497 e. The van der Waals surface area contributed by atoms with Gasteiger partial charge in [0.1, 0.15) is 11.6 Å². The van der Waals surface area contributed by atoms with Crippen molar-refractivity contribution >= 4 is 50.1 Å². The van der Waals surface area contributed by atoms with Crippen molar-refractivity contribution < 1.29 is 9.53 Å². The van der Waals surface area contributed by atoms with Crippen molar-refractivity contribution in [2.24, 2.45) is 0 Å². The molecule has 3 aromatic carbocycles. The van der Waals surface area contributed by atoms with Crippen LogP contribution < -0.4 is 15.2 Å². The number of hydrogen-bond acceptors (Lipinski definition) is 4. The lowest BCUT2D eigenvalue weighted by molar-refractivity contribution is -0.113. The van der Waals surface area contributed by atoms with E-state index in [0.717, 1.165) is 22.1 Å². The van der Waals surface area contributed by atoms with Crippen LogP contribution in [0.25, 0.3) is 28.2 Å². The van der Waals surface area contributed by atoms with Gasteiger partial charge in [0.25, 0.3) is 11.5 Å². The Balaban J connectivity index is 1.78. The Labute approximate surface area is 205 Å². The molecule has 0 bridgehead atoms. The number of rotatable bonds is 5. The first-order valence-corrected chi connectivity index (χ1v) is 11.8. The van der Waals surface area contributed by atoms with Crippen molar-refractivity contribution in [3.8, 4) is 11.4 Å². The molecule has 1 aliphatic heterocycles. The lowest BCUT2D eigenvalue weighted by Gasteiger charge is -2.15. The van der Waals surface area contributed by atoms with E-state index in [1.165, 1.54) is 0 Å². The zero-order valence-corrected chi connectivity index (χ0v) is 20.4. The highest BCUT2D eigenvalue weighted by Gasteiger charge is 2.32. The number of carbonyl (C=O) groups is 1. The summed E-state index contributed by atoms with van der Waals surface area (Å²) in [6.07, 6.45) is 2.56. The van der Waals surface area contributed by atoms with Crippen LogP contribution >= 0.6 is 15.9 Å². The molecule has 0 unspecified atom stereocenters. The summed E-state index contributed by atoms with van der Waals surface area (Å²) in [4.78, 5) is 33.6. The molecule has 1 amide bonds. The van der Waals surface area contributed by atoms with Gasteiger partial charge in [0.15, 0.2) is 0 Å². The summed E-state index contributed by atoms with van der Waals surface area (Å²) < 4.78 is 7.69. The van der Waals surface area contributed by atoms with Crippen LogP contribution in [0.1, 0.15) is 24.7 Å². The summed E-state index contributed by atoms with van der Waals surface area (Å²) in [6.45, 7) is 2.65. The van der Waals surface area contributed by atoms with Crippen LogP contribution in [0, 0.1) is 0 Å². The molecule has 170 valence electrons. The lowest BCUT2D eigenvalue weighted by atomic mass is 10.1. The van der Waals surface area contributed by atoms with E-state index in [1.54, 1.807) is 40.9 Å². The van der Waals surface area contributed by atoms with Gasteiger partial charge in [-0.05, 0) is 67.1 Å². The number of halogens is 1. The van der Waals surface area contributed by atoms with Gasteiger partial charge in [-0.3, -0.25) is 14.2 Å². The summed E-state index contributed by atoms with van der Waals surface area (Å²) in [7, 11) is 1.60. The van der Waals surface area contributed by atoms with Crippen LogP contribution in [-0.2, 0) is 4.79 Å². The quantitative estimate of drug-likeness (QED) is 0.331. The van der Waals surface area contributed by atoms with Crippen LogP contribution in [0.15, 0.2) is 76.0 Å². The fraction of sp³-hybridized carbons (Fsp3) is 0.148. The molecule has 0 N–H and O–H groups in total. The zero-order chi connectivity index (χ0) is 23.8. The van der Waals surface area contributed by atoms with E-state index in [9.17, 15) is 9.59 Å². The molecule has 2 heterocycles. The number of aromatic nitrogens is 2. The van der Waals surface area contributed by atoms with Crippen molar-refractivity contribution in [3.05, 3.63) is 92.9 Å². The van der Waals surface area contributed by atoms with Gasteiger partial charge in [-0.15, -0.1) is 0 Å². The first-order chi connectivity index (χ1) is 16.5. The smallest absolute Gasteiger partial charge is 0.266 e. The highest BCUT2D eigenvalue weighted by molar-refractivity contribution is 9.10. The largest absolute Gasteiger partial charge is 0.497 e. The number of methoxy groups -OCH3 is 1. The number of anilines is 1. The predicted molar refractivity (Wildman–Crippen MR) is 139 cm³/mol. The first-order valence-electron chi connectivity index (χ1n) is 11.0. The predicted octanol–water partition coefficient (Wildman–Crippen LogP) is 5.45. The number of benzene rings is 3. The second-order valence-electron chi connectivity index (χ2n) is 8.00. The highest BCUT2D eigenvalue weighted by atomic mass is 79.9. The Morgan fingerprint density at radius 1 is 1.03 bits per heavy atom. The van der Waals surface area contributed by atoms with Crippen molar-refractivity contribution in [3.63, 3.8) is 0 Å². The fourth-order valence-electron chi connectivity index (χ4n) is 4.27. The van der Waals surface area contributed by atoms with Gasteiger partial charge in [0, 0.05) is 16.6 Å². The molecule has 0 saturated carbocycles. The Hall–Kier alpha value is -3.71. The van der Waals surface area contributed by atoms with Gasteiger partial charge in [0.05, 0.1) is 35.0 Å². The normalized spacial score (nSPS) is 14.1. The number of hydrogen-bond donors (Lipinski definition) is 0.